The highest BCUT2D eigenvalue weighted by Gasteiger charge is 2.35. The summed E-state index contributed by atoms with van der Waals surface area (Å²) < 4.78 is 19.0. The van der Waals surface area contributed by atoms with Crippen molar-refractivity contribution in [3.05, 3.63) is 35.6 Å². The first-order valence-corrected chi connectivity index (χ1v) is 11.2. The molecule has 0 amide bonds. The van der Waals surface area contributed by atoms with E-state index in [-0.39, 0.29) is 11.2 Å². The van der Waals surface area contributed by atoms with E-state index in [1.54, 1.807) is 12.1 Å². The summed E-state index contributed by atoms with van der Waals surface area (Å²) in [4.78, 5) is 9.57. The minimum Gasteiger partial charge on any atom is -0.379 e. The van der Waals surface area contributed by atoms with E-state index < -0.39 is 0 Å². The first-order valence-electron chi connectivity index (χ1n) is 11.2. The molecule has 1 aromatic rings. The van der Waals surface area contributed by atoms with Crippen LogP contribution in [0.15, 0.2) is 29.3 Å². The highest BCUT2D eigenvalue weighted by atomic mass is 19.1. The Labute approximate surface area is 174 Å². The third kappa shape index (κ3) is 4.75. The van der Waals surface area contributed by atoms with Crippen LogP contribution >= 0.6 is 0 Å². The predicted octanol–water partition coefficient (Wildman–Crippen LogP) is 3.01. The van der Waals surface area contributed by atoms with Crippen molar-refractivity contribution in [3.63, 3.8) is 0 Å². The number of nitrogens with zero attached hydrogens (tertiary/aromatic N) is 3. The van der Waals surface area contributed by atoms with Crippen molar-refractivity contribution in [3.8, 4) is 0 Å². The fourth-order valence-corrected chi connectivity index (χ4v) is 5.35. The van der Waals surface area contributed by atoms with Crippen molar-refractivity contribution in [1.82, 2.24) is 15.1 Å². The molecule has 0 aromatic heterocycles. The molecule has 2 saturated heterocycles. The van der Waals surface area contributed by atoms with Crippen LogP contribution in [0.3, 0.4) is 0 Å². The Bertz CT molecular complexity index is 681. The quantitative estimate of drug-likeness (QED) is 0.621. The van der Waals surface area contributed by atoms with E-state index in [2.05, 4.69) is 20.1 Å². The molecular formula is C23H35FN4O. The lowest BCUT2D eigenvalue weighted by Crippen LogP contribution is -2.49. The maximum absolute atomic E-state index is 13.5. The molecule has 1 unspecified atom stereocenters. The van der Waals surface area contributed by atoms with Gasteiger partial charge in [0.15, 0.2) is 5.96 Å². The van der Waals surface area contributed by atoms with Crippen LogP contribution in [0.1, 0.15) is 44.1 Å². The van der Waals surface area contributed by atoms with Gasteiger partial charge in [-0.3, -0.25) is 9.89 Å². The molecule has 1 atom stereocenters. The Morgan fingerprint density at radius 2 is 1.86 bits per heavy atom. The molecule has 0 radical (unpaired) electrons. The molecule has 1 N–H and O–H groups in total. The van der Waals surface area contributed by atoms with Gasteiger partial charge in [0, 0.05) is 51.2 Å². The van der Waals surface area contributed by atoms with E-state index in [9.17, 15) is 4.39 Å². The number of benzene rings is 1. The number of nitrogens with one attached hydrogen (secondary N) is 1. The number of hydrogen-bond acceptors (Lipinski definition) is 3. The molecule has 29 heavy (non-hydrogen) atoms. The van der Waals surface area contributed by atoms with Crippen molar-refractivity contribution in [2.24, 2.45) is 4.99 Å². The van der Waals surface area contributed by atoms with Crippen LogP contribution in [0.4, 0.5) is 4.39 Å². The molecule has 4 rings (SSSR count). The van der Waals surface area contributed by atoms with Gasteiger partial charge in [-0.1, -0.05) is 31.4 Å². The molecular weight excluding hydrogens is 367 g/mol. The van der Waals surface area contributed by atoms with E-state index >= 15 is 0 Å². The number of likely N-dealkylation sites (tertiary alicyclic amines) is 1. The zero-order valence-corrected chi connectivity index (χ0v) is 17.7. The van der Waals surface area contributed by atoms with Crippen LogP contribution in [-0.4, -0.2) is 74.8 Å². The SMILES string of the molecule is CN=C(NCC1(c2ccc(F)cc2)CCCCC1)N1CCC(N2CCOCC2)C1. The molecule has 3 fully saturated rings. The average Bonchev–Trinajstić information content (AvgIpc) is 3.26. The minimum atomic E-state index is -0.158. The monoisotopic (exact) mass is 402 g/mol. The Balaban J connectivity index is 1.40. The van der Waals surface area contributed by atoms with Crippen LogP contribution in [-0.2, 0) is 10.2 Å². The van der Waals surface area contributed by atoms with Crippen molar-refractivity contribution in [2.45, 2.75) is 50.0 Å². The summed E-state index contributed by atoms with van der Waals surface area (Å²) in [6.07, 6.45) is 7.26. The van der Waals surface area contributed by atoms with Gasteiger partial charge in [0.1, 0.15) is 5.82 Å². The van der Waals surface area contributed by atoms with Gasteiger partial charge < -0.3 is 15.0 Å². The first-order chi connectivity index (χ1) is 14.2. The molecule has 2 aliphatic heterocycles. The molecule has 2 heterocycles. The Kier molecular flexibility index (Phi) is 6.70. The number of morpholine rings is 1. The standard InChI is InChI=1S/C23H35FN4O/c1-25-22(28-12-9-21(17-28)27-13-15-29-16-14-27)26-18-23(10-3-2-4-11-23)19-5-7-20(24)8-6-19/h5-8,21H,2-4,9-18H2,1H3,(H,25,26). The van der Waals surface area contributed by atoms with Gasteiger partial charge in [-0.05, 0) is 37.0 Å². The summed E-state index contributed by atoms with van der Waals surface area (Å²) in [5.41, 5.74) is 1.33. The van der Waals surface area contributed by atoms with Gasteiger partial charge >= 0.3 is 0 Å². The molecule has 1 saturated carbocycles. The van der Waals surface area contributed by atoms with Gasteiger partial charge in [-0.2, -0.15) is 0 Å². The fourth-order valence-electron chi connectivity index (χ4n) is 5.35. The van der Waals surface area contributed by atoms with Crippen LogP contribution < -0.4 is 5.32 Å². The van der Waals surface area contributed by atoms with Crippen LogP contribution in [0, 0.1) is 5.82 Å². The van der Waals surface area contributed by atoms with Gasteiger partial charge in [0.2, 0.25) is 0 Å². The normalized spacial score (nSPS) is 25.9. The topological polar surface area (TPSA) is 40.1 Å². The minimum absolute atomic E-state index is 0.0746. The predicted molar refractivity (Wildman–Crippen MR) is 115 cm³/mol. The summed E-state index contributed by atoms with van der Waals surface area (Å²) in [7, 11) is 1.88. The number of aliphatic imine (C=N–C) groups is 1. The number of halogens is 1. The molecule has 160 valence electrons. The van der Waals surface area contributed by atoms with Gasteiger partial charge in [-0.25, -0.2) is 4.39 Å². The molecule has 3 aliphatic rings. The summed E-state index contributed by atoms with van der Waals surface area (Å²) in [5, 5.41) is 3.70. The number of hydrogen-bond donors (Lipinski definition) is 1. The molecule has 1 aliphatic carbocycles. The van der Waals surface area contributed by atoms with Crippen LogP contribution in [0.2, 0.25) is 0 Å². The highest BCUT2D eigenvalue weighted by molar-refractivity contribution is 5.80. The third-order valence-corrected chi connectivity index (χ3v) is 7.09. The zero-order valence-electron chi connectivity index (χ0n) is 17.7. The molecule has 5 nitrogen and oxygen atoms in total. The smallest absolute Gasteiger partial charge is 0.193 e. The average molecular weight is 403 g/mol. The van der Waals surface area contributed by atoms with E-state index in [1.165, 1.54) is 31.2 Å². The van der Waals surface area contributed by atoms with Crippen molar-refractivity contribution >= 4 is 5.96 Å². The maximum Gasteiger partial charge on any atom is 0.193 e. The lowest BCUT2D eigenvalue weighted by molar-refractivity contribution is 0.0194. The second kappa shape index (κ2) is 9.43. The number of ether oxygens (including phenoxy) is 1. The second-order valence-electron chi connectivity index (χ2n) is 8.79. The van der Waals surface area contributed by atoms with E-state index in [4.69, 9.17) is 4.74 Å². The highest BCUT2D eigenvalue weighted by Crippen LogP contribution is 2.39. The van der Waals surface area contributed by atoms with Gasteiger partial charge in [-0.15, -0.1) is 0 Å². The van der Waals surface area contributed by atoms with Crippen molar-refractivity contribution < 1.29 is 9.13 Å². The first kappa shape index (κ1) is 20.6. The Hall–Kier alpha value is -1.66. The van der Waals surface area contributed by atoms with E-state index in [1.807, 2.05) is 19.2 Å². The summed E-state index contributed by atoms with van der Waals surface area (Å²) in [6.45, 7) is 6.72. The molecule has 0 spiro atoms. The number of guanidine groups is 1. The van der Waals surface area contributed by atoms with Gasteiger partial charge in [0.25, 0.3) is 0 Å². The molecule has 1 aromatic carbocycles. The fraction of sp³-hybridized carbons (Fsp3) is 0.696. The summed E-state index contributed by atoms with van der Waals surface area (Å²) >= 11 is 0. The summed E-state index contributed by atoms with van der Waals surface area (Å²) in [5.74, 6) is 0.850. The Morgan fingerprint density at radius 3 is 2.55 bits per heavy atom. The van der Waals surface area contributed by atoms with Crippen LogP contribution in [0.5, 0.6) is 0 Å². The largest absolute Gasteiger partial charge is 0.379 e. The molecule has 6 heteroatoms. The lowest BCUT2D eigenvalue weighted by atomic mass is 9.69. The van der Waals surface area contributed by atoms with Crippen molar-refractivity contribution in [1.29, 1.82) is 0 Å². The lowest BCUT2D eigenvalue weighted by Gasteiger charge is -2.39. The second-order valence-corrected chi connectivity index (χ2v) is 8.79. The maximum atomic E-state index is 13.5. The van der Waals surface area contributed by atoms with E-state index in [0.717, 1.165) is 64.7 Å². The summed E-state index contributed by atoms with van der Waals surface area (Å²) in [6, 6.07) is 7.77. The zero-order chi connectivity index (χ0) is 20.1. The molecule has 0 bridgehead atoms. The Morgan fingerprint density at radius 1 is 1.14 bits per heavy atom. The van der Waals surface area contributed by atoms with Crippen LogP contribution in [0.25, 0.3) is 0 Å². The van der Waals surface area contributed by atoms with E-state index in [0.29, 0.717) is 6.04 Å². The number of rotatable bonds is 4. The third-order valence-electron chi connectivity index (χ3n) is 7.09. The van der Waals surface area contributed by atoms with Gasteiger partial charge in [0.05, 0.1) is 13.2 Å². The van der Waals surface area contributed by atoms with Crippen molar-refractivity contribution in [2.75, 3.05) is 53.0 Å².